The van der Waals surface area contributed by atoms with Gasteiger partial charge < -0.3 is 4.74 Å². The highest BCUT2D eigenvalue weighted by molar-refractivity contribution is 6.34. The lowest BCUT2D eigenvalue weighted by Crippen LogP contribution is -2.24. The minimum Gasteiger partial charge on any atom is -0.466 e. The molecule has 9 heteroatoms. The number of ether oxygens (including phenoxy) is 1. The van der Waals surface area contributed by atoms with Crippen LogP contribution in [0.15, 0.2) is 35.3 Å². The van der Waals surface area contributed by atoms with Crippen LogP contribution in [0.2, 0.25) is 5.15 Å². The quantitative estimate of drug-likeness (QED) is 0.625. The van der Waals surface area contributed by atoms with Gasteiger partial charge in [0.1, 0.15) is 11.0 Å². The van der Waals surface area contributed by atoms with Gasteiger partial charge in [-0.05, 0) is 19.4 Å². The molecule has 1 aliphatic carbocycles. The molecule has 1 fully saturated rings. The number of fused-ring (bicyclic) bond motifs is 1. The number of halogens is 2. The highest BCUT2D eigenvalue weighted by atomic mass is 35.5. The summed E-state index contributed by atoms with van der Waals surface area (Å²) in [6.07, 6.45) is 1.95. The van der Waals surface area contributed by atoms with E-state index in [0.717, 1.165) is 0 Å². The molecule has 1 aliphatic rings. The first kappa shape index (κ1) is 17.7. The molecule has 0 N–H and O–H groups in total. The van der Waals surface area contributed by atoms with Crippen LogP contribution in [0.5, 0.6) is 0 Å². The van der Waals surface area contributed by atoms with E-state index in [1.807, 2.05) is 0 Å². The van der Waals surface area contributed by atoms with Crippen molar-refractivity contribution in [3.63, 3.8) is 0 Å². The van der Waals surface area contributed by atoms with E-state index in [1.165, 1.54) is 21.6 Å². The molecule has 0 saturated heterocycles. The van der Waals surface area contributed by atoms with Crippen LogP contribution in [-0.4, -0.2) is 32.1 Å². The lowest BCUT2D eigenvalue weighted by molar-refractivity contribution is -0.145. The fourth-order valence-electron chi connectivity index (χ4n) is 3.09. The smallest absolute Gasteiger partial charge is 0.311 e. The lowest BCUT2D eigenvalue weighted by atomic mass is 10.2. The van der Waals surface area contributed by atoms with Crippen molar-refractivity contribution in [3.8, 4) is 0 Å². The minimum atomic E-state index is -0.432. The van der Waals surface area contributed by atoms with Crippen molar-refractivity contribution in [1.29, 1.82) is 0 Å². The van der Waals surface area contributed by atoms with Crippen LogP contribution in [0.3, 0.4) is 0 Å². The topological polar surface area (TPSA) is 79.0 Å². The summed E-state index contributed by atoms with van der Waals surface area (Å²) < 4.78 is 21.5. The summed E-state index contributed by atoms with van der Waals surface area (Å²) in [6.45, 7) is 2.12. The predicted molar refractivity (Wildman–Crippen MR) is 96.1 cm³/mol. The summed E-state index contributed by atoms with van der Waals surface area (Å²) in [7, 11) is 0. The average molecular weight is 391 g/mol. The molecule has 2 aromatic heterocycles. The third-order valence-electron chi connectivity index (χ3n) is 4.58. The van der Waals surface area contributed by atoms with E-state index in [-0.39, 0.29) is 41.0 Å². The zero-order chi connectivity index (χ0) is 19.1. The van der Waals surface area contributed by atoms with Crippen LogP contribution < -0.4 is 5.56 Å². The average Bonchev–Trinajstić information content (AvgIpc) is 3.38. The Morgan fingerprint density at radius 1 is 1.41 bits per heavy atom. The largest absolute Gasteiger partial charge is 0.466 e. The van der Waals surface area contributed by atoms with Gasteiger partial charge in [-0.2, -0.15) is 10.2 Å². The number of esters is 1. The summed E-state index contributed by atoms with van der Waals surface area (Å²) >= 11 is 6.32. The molecule has 1 aromatic carbocycles. The Labute approximate surface area is 158 Å². The second kappa shape index (κ2) is 6.77. The molecule has 140 valence electrons. The standard InChI is InChI=1S/C18H16ClFN4O3/c1-2-27-18(26)11-7-14(11)24-17(25)15-12(8-21-24)16(19)23(22-15)9-10-5-3-4-6-13(10)20/h3-6,8,11,14H,2,7,9H2,1H3/t11-,14-/m1/s1. The Hall–Kier alpha value is -2.74. The number of aromatic nitrogens is 4. The number of carbonyl (C=O) groups is 1. The maximum atomic E-state index is 13.9. The number of benzene rings is 1. The second-order valence-electron chi connectivity index (χ2n) is 6.36. The highest BCUT2D eigenvalue weighted by Gasteiger charge is 2.47. The Balaban J connectivity index is 1.67. The van der Waals surface area contributed by atoms with E-state index in [2.05, 4.69) is 10.2 Å². The van der Waals surface area contributed by atoms with Gasteiger partial charge in [-0.1, -0.05) is 29.8 Å². The fraction of sp³-hybridized carbons (Fsp3) is 0.333. The fourth-order valence-corrected chi connectivity index (χ4v) is 3.33. The van der Waals surface area contributed by atoms with Crippen LogP contribution in [0.4, 0.5) is 4.39 Å². The molecule has 0 spiro atoms. The minimum absolute atomic E-state index is 0.0918. The Morgan fingerprint density at radius 2 is 2.19 bits per heavy atom. The summed E-state index contributed by atoms with van der Waals surface area (Å²) in [6, 6.07) is 5.95. The van der Waals surface area contributed by atoms with Crippen molar-refractivity contribution in [1.82, 2.24) is 19.6 Å². The van der Waals surface area contributed by atoms with Crippen LogP contribution in [0.25, 0.3) is 10.9 Å². The molecule has 27 heavy (non-hydrogen) atoms. The molecule has 2 atom stereocenters. The van der Waals surface area contributed by atoms with Gasteiger partial charge in [-0.3, -0.25) is 9.59 Å². The lowest BCUT2D eigenvalue weighted by Gasteiger charge is -2.04. The molecule has 4 rings (SSSR count). The highest BCUT2D eigenvalue weighted by Crippen LogP contribution is 2.43. The van der Waals surface area contributed by atoms with Gasteiger partial charge in [-0.15, -0.1) is 0 Å². The molecule has 0 aliphatic heterocycles. The third kappa shape index (κ3) is 3.10. The van der Waals surface area contributed by atoms with Gasteiger partial charge in [0, 0.05) is 5.56 Å². The molecular weight excluding hydrogens is 375 g/mol. The third-order valence-corrected chi connectivity index (χ3v) is 4.98. The van der Waals surface area contributed by atoms with Crippen LogP contribution >= 0.6 is 11.6 Å². The monoisotopic (exact) mass is 390 g/mol. The number of carbonyl (C=O) groups excluding carboxylic acids is 1. The molecule has 0 unspecified atom stereocenters. The maximum absolute atomic E-state index is 13.9. The zero-order valence-electron chi connectivity index (χ0n) is 14.4. The first-order valence-electron chi connectivity index (χ1n) is 8.55. The van der Waals surface area contributed by atoms with Crippen molar-refractivity contribution < 1.29 is 13.9 Å². The number of rotatable bonds is 5. The molecule has 0 radical (unpaired) electrons. The van der Waals surface area contributed by atoms with Crippen molar-refractivity contribution in [2.75, 3.05) is 6.61 Å². The van der Waals surface area contributed by atoms with Crippen molar-refractivity contribution in [2.45, 2.75) is 25.9 Å². The Kier molecular flexibility index (Phi) is 4.43. The van der Waals surface area contributed by atoms with Crippen LogP contribution in [0.1, 0.15) is 24.9 Å². The van der Waals surface area contributed by atoms with Crippen molar-refractivity contribution >= 4 is 28.5 Å². The summed E-state index contributed by atoms with van der Waals surface area (Å²) in [5.74, 6) is -1.08. The first-order chi connectivity index (χ1) is 13.0. The Bertz CT molecular complexity index is 1090. The SMILES string of the molecule is CCOC(=O)[C@@H]1C[C@H]1n1ncc2c(Cl)n(Cc3ccccc3F)nc2c1=O. The van der Waals surface area contributed by atoms with E-state index in [9.17, 15) is 14.0 Å². The van der Waals surface area contributed by atoms with Gasteiger partial charge in [0.15, 0.2) is 5.52 Å². The number of nitrogens with zero attached hydrogens (tertiary/aromatic N) is 4. The molecule has 7 nitrogen and oxygen atoms in total. The van der Waals surface area contributed by atoms with E-state index in [4.69, 9.17) is 16.3 Å². The summed E-state index contributed by atoms with van der Waals surface area (Å²) in [5, 5.41) is 9.00. The van der Waals surface area contributed by atoms with Gasteiger partial charge in [0.05, 0.1) is 36.7 Å². The Morgan fingerprint density at radius 3 is 2.93 bits per heavy atom. The van der Waals surface area contributed by atoms with Crippen LogP contribution in [-0.2, 0) is 16.1 Å². The van der Waals surface area contributed by atoms with Gasteiger partial charge in [0.25, 0.3) is 5.56 Å². The van der Waals surface area contributed by atoms with E-state index in [1.54, 1.807) is 25.1 Å². The molecule has 2 heterocycles. The summed E-state index contributed by atoms with van der Waals surface area (Å²) in [5.41, 5.74) is 0.115. The van der Waals surface area contributed by atoms with Crippen LogP contribution in [0, 0.1) is 11.7 Å². The first-order valence-corrected chi connectivity index (χ1v) is 8.93. The summed E-state index contributed by atoms with van der Waals surface area (Å²) in [4.78, 5) is 24.6. The molecular formula is C18H16ClFN4O3. The van der Waals surface area contributed by atoms with E-state index in [0.29, 0.717) is 24.0 Å². The van der Waals surface area contributed by atoms with E-state index < -0.39 is 5.56 Å². The maximum Gasteiger partial charge on any atom is 0.311 e. The molecule has 0 amide bonds. The van der Waals surface area contributed by atoms with Gasteiger partial charge in [0.2, 0.25) is 0 Å². The van der Waals surface area contributed by atoms with E-state index >= 15 is 0 Å². The number of hydrogen-bond donors (Lipinski definition) is 0. The molecule has 3 aromatic rings. The second-order valence-corrected chi connectivity index (χ2v) is 6.72. The zero-order valence-corrected chi connectivity index (χ0v) is 15.2. The van der Waals surface area contributed by atoms with Crippen molar-refractivity contribution in [2.24, 2.45) is 5.92 Å². The molecule has 1 saturated carbocycles. The normalized spacial score (nSPS) is 18.6. The number of hydrogen-bond acceptors (Lipinski definition) is 5. The van der Waals surface area contributed by atoms with Crippen molar-refractivity contribution in [3.05, 3.63) is 57.3 Å². The predicted octanol–water partition coefficient (Wildman–Crippen LogP) is 2.56. The molecule has 0 bridgehead atoms. The van der Waals surface area contributed by atoms with Gasteiger partial charge in [-0.25, -0.2) is 13.8 Å². The van der Waals surface area contributed by atoms with Gasteiger partial charge >= 0.3 is 5.97 Å².